The van der Waals surface area contributed by atoms with E-state index in [1.165, 1.54) is 0 Å². The number of nitrogens with one attached hydrogen (secondary N) is 1. The van der Waals surface area contributed by atoms with E-state index in [0.717, 1.165) is 12.0 Å². The van der Waals surface area contributed by atoms with Crippen molar-refractivity contribution in [2.45, 2.75) is 59.3 Å². The standard InChI is InChI=1S/C18H29NO3/c1-6-14(2)16(19-17(20)22-18(3,4)5)13-21-12-15-10-8-7-9-11-15/h7-11,14,16H,6,12-13H2,1-5H3,(H,19,20). The van der Waals surface area contributed by atoms with Crippen LogP contribution in [0.15, 0.2) is 30.3 Å². The van der Waals surface area contributed by atoms with Crippen molar-refractivity contribution in [2.75, 3.05) is 6.61 Å². The fourth-order valence-corrected chi connectivity index (χ4v) is 1.97. The van der Waals surface area contributed by atoms with E-state index < -0.39 is 5.60 Å². The third-order valence-electron chi connectivity index (χ3n) is 3.44. The molecule has 0 bridgehead atoms. The van der Waals surface area contributed by atoms with Crippen LogP contribution in [-0.4, -0.2) is 24.3 Å². The van der Waals surface area contributed by atoms with Crippen LogP contribution >= 0.6 is 0 Å². The van der Waals surface area contributed by atoms with Crippen LogP contribution in [0.1, 0.15) is 46.6 Å². The van der Waals surface area contributed by atoms with Crippen molar-refractivity contribution >= 4 is 6.09 Å². The molecule has 124 valence electrons. The molecule has 22 heavy (non-hydrogen) atoms. The lowest BCUT2D eigenvalue weighted by molar-refractivity contribution is 0.0378. The van der Waals surface area contributed by atoms with Crippen LogP contribution in [0.3, 0.4) is 0 Å². The molecule has 4 nitrogen and oxygen atoms in total. The quantitative estimate of drug-likeness (QED) is 0.823. The Morgan fingerprint density at radius 1 is 1.23 bits per heavy atom. The molecule has 4 heteroatoms. The highest BCUT2D eigenvalue weighted by atomic mass is 16.6. The Labute approximate surface area is 134 Å². The maximum absolute atomic E-state index is 11.9. The van der Waals surface area contributed by atoms with Gasteiger partial charge in [-0.15, -0.1) is 0 Å². The zero-order chi connectivity index (χ0) is 16.6. The molecule has 0 fully saturated rings. The minimum atomic E-state index is -0.491. The molecule has 0 radical (unpaired) electrons. The van der Waals surface area contributed by atoms with Gasteiger partial charge in [0.2, 0.25) is 0 Å². The van der Waals surface area contributed by atoms with E-state index in [0.29, 0.717) is 19.1 Å². The summed E-state index contributed by atoms with van der Waals surface area (Å²) in [4.78, 5) is 11.9. The van der Waals surface area contributed by atoms with Gasteiger partial charge in [-0.2, -0.15) is 0 Å². The van der Waals surface area contributed by atoms with Gasteiger partial charge < -0.3 is 14.8 Å². The first-order chi connectivity index (χ1) is 10.3. The molecule has 0 aromatic heterocycles. The molecular formula is C18H29NO3. The summed E-state index contributed by atoms with van der Waals surface area (Å²) in [7, 11) is 0. The van der Waals surface area contributed by atoms with E-state index in [1.54, 1.807) is 0 Å². The number of carbonyl (C=O) groups excluding carboxylic acids is 1. The molecule has 1 rings (SSSR count). The van der Waals surface area contributed by atoms with Gasteiger partial charge in [-0.1, -0.05) is 50.6 Å². The van der Waals surface area contributed by atoms with Gasteiger partial charge in [0.15, 0.2) is 0 Å². The molecule has 0 aliphatic rings. The van der Waals surface area contributed by atoms with E-state index in [9.17, 15) is 4.79 Å². The lowest BCUT2D eigenvalue weighted by atomic mass is 10.00. The van der Waals surface area contributed by atoms with Gasteiger partial charge in [-0.05, 0) is 32.3 Å². The number of carbonyl (C=O) groups is 1. The summed E-state index contributed by atoms with van der Waals surface area (Å²) in [6.07, 6.45) is 0.580. The fraction of sp³-hybridized carbons (Fsp3) is 0.611. The lowest BCUT2D eigenvalue weighted by Gasteiger charge is -2.26. The van der Waals surface area contributed by atoms with Crippen LogP contribution in [0.2, 0.25) is 0 Å². The van der Waals surface area contributed by atoms with Crippen molar-refractivity contribution in [2.24, 2.45) is 5.92 Å². The van der Waals surface area contributed by atoms with Gasteiger partial charge in [0.1, 0.15) is 5.60 Å². The zero-order valence-corrected chi connectivity index (χ0v) is 14.4. The number of ether oxygens (including phenoxy) is 2. The number of alkyl carbamates (subject to hydrolysis) is 1. The largest absolute Gasteiger partial charge is 0.444 e. The van der Waals surface area contributed by atoms with Crippen molar-refractivity contribution in [1.82, 2.24) is 5.32 Å². The highest BCUT2D eigenvalue weighted by molar-refractivity contribution is 5.68. The summed E-state index contributed by atoms with van der Waals surface area (Å²) in [6, 6.07) is 9.96. The Hall–Kier alpha value is -1.55. The molecule has 0 saturated carbocycles. The third kappa shape index (κ3) is 7.46. The molecule has 0 spiro atoms. The number of amides is 1. The molecule has 2 atom stereocenters. The van der Waals surface area contributed by atoms with E-state index >= 15 is 0 Å². The highest BCUT2D eigenvalue weighted by Gasteiger charge is 2.22. The van der Waals surface area contributed by atoms with Crippen molar-refractivity contribution < 1.29 is 14.3 Å². The summed E-state index contributed by atoms with van der Waals surface area (Å²) in [5.41, 5.74) is 0.636. The monoisotopic (exact) mass is 307 g/mol. The molecule has 1 aromatic carbocycles. The molecular weight excluding hydrogens is 278 g/mol. The van der Waals surface area contributed by atoms with Crippen molar-refractivity contribution in [3.8, 4) is 0 Å². The van der Waals surface area contributed by atoms with Gasteiger partial charge in [0.25, 0.3) is 0 Å². The number of benzene rings is 1. The van der Waals surface area contributed by atoms with Crippen LogP contribution in [0.4, 0.5) is 4.79 Å². The maximum atomic E-state index is 11.9. The summed E-state index contributed by atoms with van der Waals surface area (Å²) < 4.78 is 11.1. The summed E-state index contributed by atoms with van der Waals surface area (Å²) in [5, 5.41) is 2.92. The van der Waals surface area contributed by atoms with Crippen LogP contribution in [0.5, 0.6) is 0 Å². The number of hydrogen-bond acceptors (Lipinski definition) is 3. The zero-order valence-electron chi connectivity index (χ0n) is 14.4. The Bertz CT molecular complexity index is 439. The first-order valence-electron chi connectivity index (χ1n) is 7.93. The SMILES string of the molecule is CCC(C)C(COCc1ccccc1)NC(=O)OC(C)(C)C. The predicted molar refractivity (Wildman–Crippen MR) is 88.7 cm³/mol. The van der Waals surface area contributed by atoms with E-state index in [4.69, 9.17) is 9.47 Å². The Morgan fingerprint density at radius 2 is 1.86 bits per heavy atom. The average molecular weight is 307 g/mol. The Kier molecular flexibility index (Phi) is 7.39. The number of rotatable bonds is 7. The van der Waals surface area contributed by atoms with Crippen molar-refractivity contribution in [3.05, 3.63) is 35.9 Å². The van der Waals surface area contributed by atoms with Crippen molar-refractivity contribution in [1.29, 1.82) is 0 Å². The second-order valence-electron chi connectivity index (χ2n) is 6.64. The topological polar surface area (TPSA) is 47.6 Å². The van der Waals surface area contributed by atoms with Crippen LogP contribution in [-0.2, 0) is 16.1 Å². The Morgan fingerprint density at radius 3 is 2.41 bits per heavy atom. The summed E-state index contributed by atoms with van der Waals surface area (Å²) >= 11 is 0. The van der Waals surface area contributed by atoms with Gasteiger partial charge in [0, 0.05) is 0 Å². The average Bonchev–Trinajstić information content (AvgIpc) is 2.44. The van der Waals surface area contributed by atoms with E-state index in [2.05, 4.69) is 19.2 Å². The summed E-state index contributed by atoms with van der Waals surface area (Å²) in [5.74, 6) is 0.322. The first kappa shape index (κ1) is 18.5. The lowest BCUT2D eigenvalue weighted by Crippen LogP contribution is -2.44. The normalized spacial score (nSPS) is 14.2. The molecule has 1 N–H and O–H groups in total. The fourth-order valence-electron chi connectivity index (χ4n) is 1.97. The highest BCUT2D eigenvalue weighted by Crippen LogP contribution is 2.12. The minimum absolute atomic E-state index is 0.0523. The first-order valence-corrected chi connectivity index (χ1v) is 7.93. The molecule has 2 unspecified atom stereocenters. The minimum Gasteiger partial charge on any atom is -0.444 e. The Balaban J connectivity index is 2.48. The second-order valence-corrected chi connectivity index (χ2v) is 6.64. The molecule has 0 aliphatic carbocycles. The second kappa shape index (κ2) is 8.79. The van der Waals surface area contributed by atoms with Crippen LogP contribution < -0.4 is 5.32 Å². The molecule has 1 aromatic rings. The predicted octanol–water partition coefficient (Wildman–Crippen LogP) is 4.14. The van der Waals surface area contributed by atoms with E-state index in [-0.39, 0.29) is 12.1 Å². The molecule has 0 aliphatic heterocycles. The van der Waals surface area contributed by atoms with Crippen molar-refractivity contribution in [3.63, 3.8) is 0 Å². The molecule has 1 amide bonds. The van der Waals surface area contributed by atoms with E-state index in [1.807, 2.05) is 51.1 Å². The summed E-state index contributed by atoms with van der Waals surface area (Å²) in [6.45, 7) is 10.8. The molecule has 0 heterocycles. The van der Waals surface area contributed by atoms with Crippen LogP contribution in [0.25, 0.3) is 0 Å². The van der Waals surface area contributed by atoms with Gasteiger partial charge in [0.05, 0.1) is 19.3 Å². The third-order valence-corrected chi connectivity index (χ3v) is 3.44. The van der Waals surface area contributed by atoms with Gasteiger partial charge in [-0.3, -0.25) is 0 Å². The number of hydrogen-bond donors (Lipinski definition) is 1. The van der Waals surface area contributed by atoms with Gasteiger partial charge in [-0.25, -0.2) is 4.79 Å². The van der Waals surface area contributed by atoms with Gasteiger partial charge >= 0.3 is 6.09 Å². The maximum Gasteiger partial charge on any atom is 0.407 e. The van der Waals surface area contributed by atoms with Crippen LogP contribution in [0, 0.1) is 5.92 Å². The smallest absolute Gasteiger partial charge is 0.407 e. The molecule has 0 saturated heterocycles.